The molecule has 6 nitrogen and oxygen atoms in total. The molecule has 1 fully saturated rings. The van der Waals surface area contributed by atoms with Gasteiger partial charge in [-0.15, -0.1) is 0 Å². The van der Waals surface area contributed by atoms with Gasteiger partial charge < -0.3 is 9.47 Å². The molecule has 0 aromatic heterocycles. The highest BCUT2D eigenvalue weighted by atomic mass is 79.9. The second-order valence-electron chi connectivity index (χ2n) is 7.28. The van der Waals surface area contributed by atoms with E-state index in [4.69, 9.17) is 9.47 Å². The largest absolute Gasteiger partial charge is 0.453 e. The van der Waals surface area contributed by atoms with Gasteiger partial charge >= 0.3 is 12.1 Å². The molecule has 2 rings (SSSR count). The highest BCUT2D eigenvalue weighted by molar-refractivity contribution is 9.10. The van der Waals surface area contributed by atoms with Gasteiger partial charge in [-0.25, -0.2) is 9.59 Å². The molecule has 0 saturated carbocycles. The Bertz CT molecular complexity index is 680. The van der Waals surface area contributed by atoms with Crippen molar-refractivity contribution in [3.8, 4) is 0 Å². The molecule has 2 atom stereocenters. The maximum atomic E-state index is 12.5. The van der Waals surface area contributed by atoms with Gasteiger partial charge in [0.15, 0.2) is 6.10 Å². The lowest BCUT2D eigenvalue weighted by Gasteiger charge is -2.28. The van der Waals surface area contributed by atoms with Crippen LogP contribution in [-0.2, 0) is 14.3 Å². The Morgan fingerprint density at radius 1 is 1.19 bits per heavy atom. The predicted octanol–water partition coefficient (Wildman–Crippen LogP) is 3.96. The van der Waals surface area contributed by atoms with Crippen LogP contribution in [0.1, 0.15) is 50.9 Å². The molecule has 0 spiro atoms. The first-order valence-electron chi connectivity index (χ1n) is 8.58. The summed E-state index contributed by atoms with van der Waals surface area (Å²) in [5, 5.41) is 0. The zero-order valence-corrected chi connectivity index (χ0v) is 17.0. The lowest BCUT2D eigenvalue weighted by atomic mass is 10.1. The van der Waals surface area contributed by atoms with Gasteiger partial charge in [-0.2, -0.15) is 0 Å². The van der Waals surface area contributed by atoms with Crippen LogP contribution in [0, 0.1) is 0 Å². The average molecular weight is 426 g/mol. The number of nitrogens with zero attached hydrogens (tertiary/aromatic N) is 1. The molecule has 0 radical (unpaired) electrons. The van der Waals surface area contributed by atoms with E-state index in [1.807, 2.05) is 0 Å². The fraction of sp³-hybridized carbons (Fsp3) is 0.526. The summed E-state index contributed by atoms with van der Waals surface area (Å²) >= 11 is 3.31. The number of carbonyl (C=O) groups is 3. The first-order chi connectivity index (χ1) is 12.1. The molecule has 1 saturated heterocycles. The van der Waals surface area contributed by atoms with E-state index in [1.54, 1.807) is 45.0 Å². The highest BCUT2D eigenvalue weighted by Gasteiger charge is 2.38. The summed E-state index contributed by atoms with van der Waals surface area (Å²) in [7, 11) is 0. The highest BCUT2D eigenvalue weighted by Crippen LogP contribution is 2.23. The van der Waals surface area contributed by atoms with Crippen LogP contribution in [0.4, 0.5) is 4.79 Å². The Hall–Kier alpha value is -1.89. The van der Waals surface area contributed by atoms with Crippen LogP contribution < -0.4 is 0 Å². The lowest BCUT2D eigenvalue weighted by Crippen LogP contribution is -2.45. The van der Waals surface area contributed by atoms with Crippen LogP contribution in [0.5, 0.6) is 0 Å². The fourth-order valence-electron chi connectivity index (χ4n) is 2.71. The molecule has 1 aliphatic heterocycles. The minimum atomic E-state index is -0.926. The van der Waals surface area contributed by atoms with E-state index in [0.29, 0.717) is 24.9 Å². The Morgan fingerprint density at radius 3 is 2.38 bits per heavy atom. The monoisotopic (exact) mass is 425 g/mol. The Morgan fingerprint density at radius 2 is 1.81 bits per heavy atom. The molecule has 7 heteroatoms. The van der Waals surface area contributed by atoms with E-state index in [9.17, 15) is 14.4 Å². The van der Waals surface area contributed by atoms with Gasteiger partial charge in [0, 0.05) is 16.6 Å². The van der Waals surface area contributed by atoms with Crippen molar-refractivity contribution in [2.75, 3.05) is 6.54 Å². The SMILES string of the molecule is CC(OC(=O)C1CCCN1C(=O)OC(C)(C)C)C(=O)c1ccc(Br)cc1. The second kappa shape index (κ2) is 8.20. The van der Waals surface area contributed by atoms with E-state index >= 15 is 0 Å². The van der Waals surface area contributed by atoms with Gasteiger partial charge in [0.25, 0.3) is 0 Å². The van der Waals surface area contributed by atoms with Crippen molar-refractivity contribution >= 4 is 33.8 Å². The number of ketones is 1. The molecule has 26 heavy (non-hydrogen) atoms. The lowest BCUT2D eigenvalue weighted by molar-refractivity contribution is -0.151. The number of hydrogen-bond acceptors (Lipinski definition) is 5. The summed E-state index contributed by atoms with van der Waals surface area (Å²) in [5.74, 6) is -0.862. The third kappa shape index (κ3) is 5.30. The van der Waals surface area contributed by atoms with Gasteiger partial charge in [0.2, 0.25) is 5.78 Å². The molecule has 2 unspecified atom stereocenters. The molecule has 1 aromatic rings. The van der Waals surface area contributed by atoms with E-state index < -0.39 is 29.8 Å². The van der Waals surface area contributed by atoms with Crippen molar-refractivity contribution in [2.24, 2.45) is 0 Å². The first-order valence-corrected chi connectivity index (χ1v) is 9.37. The molecule has 0 N–H and O–H groups in total. The maximum Gasteiger partial charge on any atom is 0.411 e. The number of ether oxygens (including phenoxy) is 2. The summed E-state index contributed by atoms with van der Waals surface area (Å²) in [4.78, 5) is 38.6. The van der Waals surface area contributed by atoms with Crippen LogP contribution >= 0.6 is 15.9 Å². The van der Waals surface area contributed by atoms with Gasteiger partial charge in [0.05, 0.1) is 0 Å². The van der Waals surface area contributed by atoms with Crippen molar-refractivity contribution in [2.45, 2.75) is 58.3 Å². The number of amides is 1. The zero-order valence-electron chi connectivity index (χ0n) is 15.5. The molecule has 1 aliphatic rings. The molecule has 1 amide bonds. The summed E-state index contributed by atoms with van der Waals surface area (Å²) in [6.07, 6.45) is -0.278. The topological polar surface area (TPSA) is 72.9 Å². The minimum Gasteiger partial charge on any atom is -0.453 e. The Kier molecular flexibility index (Phi) is 6.44. The Labute approximate surface area is 162 Å². The Balaban J connectivity index is 2.00. The number of hydrogen-bond donors (Lipinski definition) is 0. The van der Waals surface area contributed by atoms with Crippen molar-refractivity contribution in [1.29, 1.82) is 0 Å². The number of carbonyl (C=O) groups excluding carboxylic acids is 3. The van der Waals surface area contributed by atoms with Gasteiger partial charge in [-0.1, -0.05) is 28.1 Å². The van der Waals surface area contributed by atoms with Gasteiger partial charge in [0.1, 0.15) is 11.6 Å². The van der Waals surface area contributed by atoms with E-state index in [0.717, 1.165) is 4.47 Å². The number of Topliss-reactive ketones (excluding diaryl/α,β-unsaturated/α-hetero) is 1. The third-order valence-corrected chi connectivity index (χ3v) is 4.47. The normalized spacial score (nSPS) is 18.3. The summed E-state index contributed by atoms with van der Waals surface area (Å²) < 4.78 is 11.5. The maximum absolute atomic E-state index is 12.5. The molecule has 0 aliphatic carbocycles. The smallest absolute Gasteiger partial charge is 0.411 e. The standard InChI is InChI=1S/C19H24BrNO5/c1-12(16(22)13-7-9-14(20)10-8-13)25-17(23)15-6-5-11-21(15)18(24)26-19(2,3)4/h7-10,12,15H,5-6,11H2,1-4H3. The predicted molar refractivity (Wildman–Crippen MR) is 100.0 cm³/mol. The van der Waals surface area contributed by atoms with Crippen molar-refractivity contribution in [1.82, 2.24) is 4.90 Å². The van der Waals surface area contributed by atoms with Gasteiger partial charge in [-0.05, 0) is 52.7 Å². The van der Waals surface area contributed by atoms with E-state index in [2.05, 4.69) is 15.9 Å². The van der Waals surface area contributed by atoms with Crippen LogP contribution in [0.25, 0.3) is 0 Å². The molecule has 142 valence electrons. The number of benzene rings is 1. The quantitative estimate of drug-likeness (QED) is 0.538. The summed E-state index contributed by atoms with van der Waals surface area (Å²) in [5.41, 5.74) is -0.178. The average Bonchev–Trinajstić information content (AvgIpc) is 3.03. The zero-order chi connectivity index (χ0) is 19.5. The van der Waals surface area contributed by atoms with E-state index in [1.165, 1.54) is 11.8 Å². The van der Waals surface area contributed by atoms with Crippen molar-refractivity contribution in [3.63, 3.8) is 0 Å². The van der Waals surface area contributed by atoms with Crippen LogP contribution in [0.2, 0.25) is 0 Å². The van der Waals surface area contributed by atoms with Crippen LogP contribution in [0.3, 0.4) is 0 Å². The molecule has 1 aromatic carbocycles. The second-order valence-corrected chi connectivity index (χ2v) is 8.20. The summed E-state index contributed by atoms with van der Waals surface area (Å²) in [6, 6.07) is 6.12. The van der Waals surface area contributed by atoms with Crippen LogP contribution in [0.15, 0.2) is 28.7 Å². The van der Waals surface area contributed by atoms with Crippen LogP contribution in [-0.4, -0.2) is 47.0 Å². The van der Waals surface area contributed by atoms with Gasteiger partial charge in [-0.3, -0.25) is 9.69 Å². The minimum absolute atomic E-state index is 0.285. The summed E-state index contributed by atoms with van der Waals surface area (Å²) in [6.45, 7) is 7.28. The fourth-order valence-corrected chi connectivity index (χ4v) is 2.97. The third-order valence-electron chi connectivity index (χ3n) is 3.94. The number of rotatable bonds is 4. The first kappa shape index (κ1) is 20.4. The van der Waals surface area contributed by atoms with Crippen molar-refractivity contribution < 1.29 is 23.9 Å². The molecular weight excluding hydrogens is 402 g/mol. The van der Waals surface area contributed by atoms with Crippen molar-refractivity contribution in [3.05, 3.63) is 34.3 Å². The molecular formula is C19H24BrNO5. The molecule has 1 heterocycles. The molecule has 0 bridgehead atoms. The number of likely N-dealkylation sites (tertiary alicyclic amines) is 1. The van der Waals surface area contributed by atoms with E-state index in [-0.39, 0.29) is 5.78 Å². The number of esters is 1. The number of halogens is 1.